The van der Waals surface area contributed by atoms with Gasteiger partial charge >= 0.3 is 0 Å². The van der Waals surface area contributed by atoms with Gasteiger partial charge in [-0.3, -0.25) is 0 Å². The molecule has 20 heavy (non-hydrogen) atoms. The molecule has 3 heteroatoms. The number of anilines is 1. The molecule has 1 aliphatic heterocycles. The molecule has 112 valence electrons. The quantitative estimate of drug-likeness (QED) is 0.825. The first-order valence-corrected chi connectivity index (χ1v) is 7.87. The third kappa shape index (κ3) is 4.80. The van der Waals surface area contributed by atoms with E-state index in [9.17, 15) is 0 Å². The molecular formula is C17H29N3. The highest BCUT2D eigenvalue weighted by Gasteiger charge is 2.11. The van der Waals surface area contributed by atoms with Crippen LogP contribution < -0.4 is 10.2 Å². The minimum absolute atomic E-state index is 0.565. The Morgan fingerprint density at radius 3 is 2.40 bits per heavy atom. The third-order valence-electron chi connectivity index (χ3n) is 4.07. The van der Waals surface area contributed by atoms with Gasteiger partial charge in [0.2, 0.25) is 0 Å². The van der Waals surface area contributed by atoms with Crippen LogP contribution in [0.25, 0.3) is 0 Å². The van der Waals surface area contributed by atoms with Gasteiger partial charge in [0, 0.05) is 31.4 Å². The molecule has 1 fully saturated rings. The van der Waals surface area contributed by atoms with Gasteiger partial charge < -0.3 is 15.1 Å². The highest BCUT2D eigenvalue weighted by Crippen LogP contribution is 2.20. The van der Waals surface area contributed by atoms with E-state index < -0.39 is 0 Å². The molecule has 0 bridgehead atoms. The lowest BCUT2D eigenvalue weighted by molar-refractivity contribution is 0.365. The first-order chi connectivity index (χ1) is 9.65. The molecule has 2 rings (SSSR count). The second-order valence-corrected chi connectivity index (χ2v) is 6.23. The fraction of sp³-hybridized carbons (Fsp3) is 0.647. The summed E-state index contributed by atoms with van der Waals surface area (Å²) in [6, 6.07) is 9.63. The number of nitrogens with zero attached hydrogens (tertiary/aromatic N) is 2. The zero-order chi connectivity index (χ0) is 14.4. The number of hydrogen-bond acceptors (Lipinski definition) is 3. The van der Waals surface area contributed by atoms with Crippen LogP contribution in [0, 0.1) is 0 Å². The molecule has 1 atom stereocenters. The topological polar surface area (TPSA) is 18.5 Å². The van der Waals surface area contributed by atoms with E-state index in [0.717, 1.165) is 13.1 Å². The maximum atomic E-state index is 3.60. The van der Waals surface area contributed by atoms with E-state index in [2.05, 4.69) is 60.4 Å². The second-order valence-electron chi connectivity index (χ2n) is 6.23. The van der Waals surface area contributed by atoms with E-state index in [1.165, 1.54) is 43.6 Å². The summed E-state index contributed by atoms with van der Waals surface area (Å²) < 4.78 is 0. The van der Waals surface area contributed by atoms with Gasteiger partial charge in [-0.25, -0.2) is 0 Å². The van der Waals surface area contributed by atoms with Crippen LogP contribution in [0.15, 0.2) is 24.3 Å². The van der Waals surface area contributed by atoms with Gasteiger partial charge in [0.05, 0.1) is 0 Å². The Kier molecular flexibility index (Phi) is 5.86. The fourth-order valence-corrected chi connectivity index (χ4v) is 2.65. The van der Waals surface area contributed by atoms with Crippen LogP contribution in [-0.2, 0) is 6.54 Å². The summed E-state index contributed by atoms with van der Waals surface area (Å²) in [5.74, 6) is 0. The van der Waals surface area contributed by atoms with E-state index in [1.807, 2.05) is 0 Å². The molecular weight excluding hydrogens is 246 g/mol. The van der Waals surface area contributed by atoms with Crippen molar-refractivity contribution < 1.29 is 0 Å². The fourth-order valence-electron chi connectivity index (χ4n) is 2.65. The number of rotatable bonds is 7. The zero-order valence-electron chi connectivity index (χ0n) is 13.2. The van der Waals surface area contributed by atoms with Crippen LogP contribution in [-0.4, -0.2) is 44.7 Å². The van der Waals surface area contributed by atoms with Crippen LogP contribution in [0.3, 0.4) is 0 Å². The molecule has 0 aromatic heterocycles. The molecule has 3 nitrogen and oxygen atoms in total. The maximum absolute atomic E-state index is 3.60. The largest absolute Gasteiger partial charge is 0.372 e. The summed E-state index contributed by atoms with van der Waals surface area (Å²) in [5.41, 5.74) is 2.76. The molecule has 1 aromatic carbocycles. The lowest BCUT2D eigenvalue weighted by Crippen LogP contribution is -2.29. The first-order valence-electron chi connectivity index (χ1n) is 7.87. The summed E-state index contributed by atoms with van der Waals surface area (Å²) in [6.45, 7) is 6.82. The number of hydrogen-bond donors (Lipinski definition) is 1. The van der Waals surface area contributed by atoms with E-state index in [-0.39, 0.29) is 0 Å². The number of nitrogens with one attached hydrogen (secondary N) is 1. The Morgan fingerprint density at radius 1 is 1.15 bits per heavy atom. The van der Waals surface area contributed by atoms with Crippen LogP contribution in [0.5, 0.6) is 0 Å². The monoisotopic (exact) mass is 275 g/mol. The van der Waals surface area contributed by atoms with Crippen molar-refractivity contribution >= 4 is 5.69 Å². The summed E-state index contributed by atoms with van der Waals surface area (Å²) in [6.07, 6.45) is 3.87. The van der Waals surface area contributed by atoms with Crippen LogP contribution in [0.1, 0.15) is 31.7 Å². The first kappa shape index (κ1) is 15.3. The van der Waals surface area contributed by atoms with E-state index in [4.69, 9.17) is 0 Å². The van der Waals surface area contributed by atoms with Crippen molar-refractivity contribution in [2.24, 2.45) is 0 Å². The van der Waals surface area contributed by atoms with Gasteiger partial charge in [0.1, 0.15) is 0 Å². The van der Waals surface area contributed by atoms with Gasteiger partial charge in [0.25, 0.3) is 0 Å². The summed E-state index contributed by atoms with van der Waals surface area (Å²) >= 11 is 0. The van der Waals surface area contributed by atoms with Crippen LogP contribution in [0.4, 0.5) is 5.69 Å². The van der Waals surface area contributed by atoms with Crippen molar-refractivity contribution in [1.82, 2.24) is 10.2 Å². The Hall–Kier alpha value is -1.06. The highest BCUT2D eigenvalue weighted by molar-refractivity contribution is 5.48. The molecule has 0 amide bonds. The normalized spacial score (nSPS) is 16.9. The smallest absolute Gasteiger partial charge is 0.0366 e. The SMILES string of the molecule is CC(CCN(C)C)NCc1ccc(N2CCCC2)cc1. The third-order valence-corrected chi connectivity index (χ3v) is 4.07. The molecule has 1 saturated heterocycles. The standard InChI is InChI=1S/C17H29N3/c1-15(10-13-19(2)3)18-14-16-6-8-17(9-7-16)20-11-4-5-12-20/h6-9,15,18H,4-5,10-14H2,1-3H3. The summed E-state index contributed by atoms with van der Waals surface area (Å²) in [4.78, 5) is 4.72. The molecule has 0 saturated carbocycles. The van der Waals surface area contributed by atoms with Gasteiger partial charge in [-0.1, -0.05) is 12.1 Å². The molecule has 0 spiro atoms. The molecule has 1 N–H and O–H groups in total. The molecule has 1 heterocycles. The van der Waals surface area contributed by atoms with E-state index >= 15 is 0 Å². The van der Waals surface area contributed by atoms with Crippen LogP contribution >= 0.6 is 0 Å². The van der Waals surface area contributed by atoms with Crippen molar-refractivity contribution in [2.45, 2.75) is 38.8 Å². The minimum atomic E-state index is 0.565. The van der Waals surface area contributed by atoms with Crippen LogP contribution in [0.2, 0.25) is 0 Å². The predicted octanol–water partition coefficient (Wildman–Crippen LogP) is 2.72. The second kappa shape index (κ2) is 7.65. The summed E-state index contributed by atoms with van der Waals surface area (Å²) in [7, 11) is 4.26. The van der Waals surface area contributed by atoms with Crippen molar-refractivity contribution in [3.8, 4) is 0 Å². The Balaban J connectivity index is 1.75. The van der Waals surface area contributed by atoms with Crippen molar-refractivity contribution in [1.29, 1.82) is 0 Å². The van der Waals surface area contributed by atoms with Gasteiger partial charge in [0.15, 0.2) is 0 Å². The maximum Gasteiger partial charge on any atom is 0.0366 e. The van der Waals surface area contributed by atoms with Gasteiger partial charge in [-0.05, 0) is 64.5 Å². The van der Waals surface area contributed by atoms with Gasteiger partial charge in [-0.15, -0.1) is 0 Å². The highest BCUT2D eigenvalue weighted by atomic mass is 15.1. The zero-order valence-corrected chi connectivity index (χ0v) is 13.2. The average Bonchev–Trinajstić information content (AvgIpc) is 2.97. The molecule has 0 aliphatic carbocycles. The predicted molar refractivity (Wildman–Crippen MR) is 87.4 cm³/mol. The minimum Gasteiger partial charge on any atom is -0.372 e. The lowest BCUT2D eigenvalue weighted by Gasteiger charge is -2.19. The average molecular weight is 275 g/mol. The van der Waals surface area contributed by atoms with E-state index in [0.29, 0.717) is 6.04 Å². The summed E-state index contributed by atoms with van der Waals surface area (Å²) in [5, 5.41) is 3.60. The van der Waals surface area contributed by atoms with Gasteiger partial charge in [-0.2, -0.15) is 0 Å². The Bertz CT molecular complexity index is 380. The molecule has 0 radical (unpaired) electrons. The Labute approximate surface area is 124 Å². The Morgan fingerprint density at radius 2 is 1.80 bits per heavy atom. The van der Waals surface area contributed by atoms with E-state index in [1.54, 1.807) is 0 Å². The molecule has 1 unspecified atom stereocenters. The number of benzene rings is 1. The van der Waals surface area contributed by atoms with Crippen molar-refractivity contribution in [2.75, 3.05) is 38.6 Å². The molecule has 1 aromatic rings. The molecule has 1 aliphatic rings. The van der Waals surface area contributed by atoms with Crippen molar-refractivity contribution in [3.63, 3.8) is 0 Å². The lowest BCUT2D eigenvalue weighted by atomic mass is 10.1. The van der Waals surface area contributed by atoms with Crippen molar-refractivity contribution in [3.05, 3.63) is 29.8 Å².